The Kier molecular flexibility index (Phi) is 2.43. The molecule has 4 fully saturated rings. The molecule has 5 heteroatoms. The first-order valence-electron chi connectivity index (χ1n) is 6.33. The third-order valence-corrected chi connectivity index (χ3v) is 5.55. The summed E-state index contributed by atoms with van der Waals surface area (Å²) in [5.41, 5.74) is -0.452. The van der Waals surface area contributed by atoms with Crippen LogP contribution in [0.1, 0.15) is 38.5 Å². The Hall–Kier alpha value is -0.420. The van der Waals surface area contributed by atoms with E-state index in [0.717, 1.165) is 19.3 Å². The number of carbonyl (C=O) groups excluding carboxylic acids is 1. The van der Waals surface area contributed by atoms with Crippen molar-refractivity contribution in [1.29, 1.82) is 0 Å². The number of ketones is 1. The quantitative estimate of drug-likeness (QED) is 0.715. The maximum Gasteiger partial charge on any atom is 0.152 e. The summed E-state index contributed by atoms with van der Waals surface area (Å²) in [6.45, 7) is 0. The second-order valence-electron chi connectivity index (χ2n) is 6.32. The largest absolute Gasteiger partial charge is 0.748 e. The molecule has 0 aliphatic heterocycles. The molecule has 4 aliphatic carbocycles. The highest BCUT2D eigenvalue weighted by Gasteiger charge is 2.54. The lowest BCUT2D eigenvalue weighted by Gasteiger charge is -2.56. The van der Waals surface area contributed by atoms with Crippen molar-refractivity contribution in [2.45, 2.75) is 38.5 Å². The number of hydrogen-bond donors (Lipinski definition) is 0. The van der Waals surface area contributed by atoms with Crippen LogP contribution in [0.2, 0.25) is 0 Å². The van der Waals surface area contributed by atoms with Gasteiger partial charge in [-0.15, -0.1) is 0 Å². The van der Waals surface area contributed by atoms with E-state index in [1.54, 1.807) is 0 Å². The van der Waals surface area contributed by atoms with Crippen molar-refractivity contribution in [2.75, 3.05) is 5.75 Å². The lowest BCUT2D eigenvalue weighted by molar-refractivity contribution is -0.141. The highest BCUT2D eigenvalue weighted by Crippen LogP contribution is 2.60. The molecule has 0 N–H and O–H groups in total. The molecule has 4 nitrogen and oxygen atoms in total. The highest BCUT2D eigenvalue weighted by atomic mass is 32.2. The van der Waals surface area contributed by atoms with E-state index in [1.807, 2.05) is 0 Å². The van der Waals surface area contributed by atoms with Gasteiger partial charge in [0.05, 0.1) is 5.75 Å². The summed E-state index contributed by atoms with van der Waals surface area (Å²) in [5.74, 6) is 0.698. The Morgan fingerprint density at radius 1 is 1.06 bits per heavy atom. The zero-order chi connectivity index (χ0) is 12.3. The van der Waals surface area contributed by atoms with Crippen LogP contribution in [0.5, 0.6) is 0 Å². The molecule has 0 saturated heterocycles. The van der Waals surface area contributed by atoms with Gasteiger partial charge in [0.15, 0.2) is 5.78 Å². The minimum atomic E-state index is -4.42. The number of carbonyl (C=O) groups is 1. The van der Waals surface area contributed by atoms with Crippen LogP contribution >= 0.6 is 0 Å². The molecule has 0 heterocycles. The normalized spacial score (nSPS) is 43.9. The van der Waals surface area contributed by atoms with Gasteiger partial charge in [-0.3, -0.25) is 4.79 Å². The van der Waals surface area contributed by atoms with Crippen LogP contribution in [-0.2, 0) is 14.9 Å². The number of hydrogen-bond acceptors (Lipinski definition) is 4. The Bertz CT molecular complexity index is 416. The monoisotopic (exact) mass is 257 g/mol. The van der Waals surface area contributed by atoms with E-state index < -0.39 is 21.3 Å². The highest BCUT2D eigenvalue weighted by molar-refractivity contribution is 7.86. The van der Waals surface area contributed by atoms with Gasteiger partial charge in [-0.25, -0.2) is 8.42 Å². The van der Waals surface area contributed by atoms with Gasteiger partial charge in [0.25, 0.3) is 0 Å². The van der Waals surface area contributed by atoms with E-state index in [0.29, 0.717) is 17.8 Å². The summed E-state index contributed by atoms with van der Waals surface area (Å²) in [6, 6.07) is 0. The summed E-state index contributed by atoms with van der Waals surface area (Å²) < 4.78 is 32.3. The standard InChI is InChI=1S/C12H18O4S/c13-11(7-17(14,15)16)12-4-8-1-9(5-12)3-10(2-8)6-12/h8-10H,1-7H2,(H,14,15,16)/p-1. The smallest absolute Gasteiger partial charge is 0.152 e. The van der Waals surface area contributed by atoms with Crippen molar-refractivity contribution in [3.05, 3.63) is 0 Å². The van der Waals surface area contributed by atoms with E-state index in [-0.39, 0.29) is 5.78 Å². The van der Waals surface area contributed by atoms with Crippen LogP contribution in [0.25, 0.3) is 0 Å². The SMILES string of the molecule is O=C(CS(=O)(=O)[O-])C12CC3CC(CC(C3)C1)C2. The van der Waals surface area contributed by atoms with Crippen LogP contribution in [-0.4, -0.2) is 24.5 Å². The molecule has 4 saturated carbocycles. The van der Waals surface area contributed by atoms with Gasteiger partial charge in [-0.1, -0.05) is 0 Å². The lowest BCUT2D eigenvalue weighted by Crippen LogP contribution is -2.51. The summed E-state index contributed by atoms with van der Waals surface area (Å²) in [6.07, 6.45) is 6.10. The van der Waals surface area contributed by atoms with Gasteiger partial charge in [-0.2, -0.15) is 0 Å². The predicted octanol–water partition coefficient (Wildman–Crippen LogP) is 1.32. The van der Waals surface area contributed by atoms with Gasteiger partial charge < -0.3 is 4.55 Å². The van der Waals surface area contributed by atoms with Crippen LogP contribution in [0.15, 0.2) is 0 Å². The molecule has 0 amide bonds. The van der Waals surface area contributed by atoms with Crippen LogP contribution < -0.4 is 0 Å². The molecule has 0 unspecified atom stereocenters. The Labute approximate surface area is 102 Å². The van der Waals surface area contributed by atoms with Gasteiger partial charge in [-0.05, 0) is 56.3 Å². The molecule has 4 aliphatic rings. The maximum atomic E-state index is 12.1. The second-order valence-corrected chi connectivity index (χ2v) is 7.73. The van der Waals surface area contributed by atoms with Crippen molar-refractivity contribution >= 4 is 15.9 Å². The topological polar surface area (TPSA) is 74.3 Å². The molecule has 0 aromatic carbocycles. The van der Waals surface area contributed by atoms with Gasteiger partial charge in [0.2, 0.25) is 0 Å². The van der Waals surface area contributed by atoms with Gasteiger partial charge >= 0.3 is 0 Å². The van der Waals surface area contributed by atoms with Crippen molar-refractivity contribution in [1.82, 2.24) is 0 Å². The number of rotatable bonds is 3. The Balaban J connectivity index is 1.84. The van der Waals surface area contributed by atoms with Gasteiger partial charge in [0, 0.05) is 5.41 Å². The third-order valence-electron chi connectivity index (χ3n) is 4.94. The second kappa shape index (κ2) is 3.54. The van der Waals surface area contributed by atoms with Crippen LogP contribution in [0.3, 0.4) is 0 Å². The lowest BCUT2D eigenvalue weighted by atomic mass is 9.48. The first-order valence-corrected chi connectivity index (χ1v) is 7.91. The molecule has 0 aromatic rings. The molecule has 0 spiro atoms. The fourth-order valence-electron chi connectivity index (χ4n) is 4.77. The Morgan fingerprint density at radius 2 is 1.47 bits per heavy atom. The fourth-order valence-corrected chi connectivity index (χ4v) is 5.39. The first kappa shape index (κ1) is 11.7. The third kappa shape index (κ3) is 2.03. The average Bonchev–Trinajstić information content (AvgIpc) is 2.12. The zero-order valence-electron chi connectivity index (χ0n) is 9.72. The molecular formula is C12H17O4S-. The molecular weight excluding hydrogens is 240 g/mol. The van der Waals surface area contributed by atoms with E-state index in [4.69, 9.17) is 0 Å². The summed E-state index contributed by atoms with van der Waals surface area (Å²) in [5, 5.41) is 0. The zero-order valence-corrected chi connectivity index (χ0v) is 10.5. The van der Waals surface area contributed by atoms with E-state index in [1.165, 1.54) is 19.3 Å². The summed E-state index contributed by atoms with van der Waals surface area (Å²) in [7, 11) is -4.42. The van der Waals surface area contributed by atoms with E-state index in [9.17, 15) is 17.8 Å². The maximum absolute atomic E-state index is 12.1. The molecule has 0 atom stereocenters. The fraction of sp³-hybridized carbons (Fsp3) is 0.917. The molecule has 0 aromatic heterocycles. The molecule has 4 rings (SSSR count). The minimum Gasteiger partial charge on any atom is -0.748 e. The first-order chi connectivity index (χ1) is 7.86. The average molecular weight is 257 g/mol. The Morgan fingerprint density at radius 3 is 1.82 bits per heavy atom. The van der Waals surface area contributed by atoms with Gasteiger partial charge in [0.1, 0.15) is 10.1 Å². The minimum absolute atomic E-state index is 0.299. The van der Waals surface area contributed by atoms with Crippen LogP contribution in [0.4, 0.5) is 0 Å². The molecule has 96 valence electrons. The predicted molar refractivity (Wildman–Crippen MR) is 60.2 cm³/mol. The van der Waals surface area contributed by atoms with E-state index in [2.05, 4.69) is 0 Å². The van der Waals surface area contributed by atoms with Crippen molar-refractivity contribution in [3.8, 4) is 0 Å². The summed E-state index contributed by atoms with van der Waals surface area (Å²) >= 11 is 0. The van der Waals surface area contributed by atoms with Crippen molar-refractivity contribution in [3.63, 3.8) is 0 Å². The number of Topliss-reactive ketones (excluding diaryl/α,β-unsaturated/α-hetero) is 1. The molecule has 4 bridgehead atoms. The van der Waals surface area contributed by atoms with Crippen LogP contribution in [0, 0.1) is 23.2 Å². The van der Waals surface area contributed by atoms with Crippen molar-refractivity contribution in [2.24, 2.45) is 23.2 Å². The van der Waals surface area contributed by atoms with Crippen molar-refractivity contribution < 1.29 is 17.8 Å². The van der Waals surface area contributed by atoms with E-state index >= 15 is 0 Å². The molecule has 0 radical (unpaired) electrons. The molecule has 17 heavy (non-hydrogen) atoms. The summed E-state index contributed by atoms with van der Waals surface area (Å²) in [4.78, 5) is 12.1.